The maximum Gasteiger partial charge on any atom is 0.207 e. The molecule has 2 aromatic heterocycles. The van der Waals surface area contributed by atoms with Crippen molar-refractivity contribution in [1.82, 2.24) is 40.8 Å². The molecule has 0 aliphatic heterocycles. The van der Waals surface area contributed by atoms with Crippen molar-refractivity contribution < 1.29 is 19.0 Å². The first-order valence-electron chi connectivity index (χ1n) is 13.5. The lowest BCUT2D eigenvalue weighted by molar-refractivity contribution is 0.259. The van der Waals surface area contributed by atoms with Gasteiger partial charge in [0.15, 0.2) is 0 Å². The van der Waals surface area contributed by atoms with E-state index in [0.717, 1.165) is 33.9 Å². The number of anilines is 4. The molecule has 0 fully saturated rings. The number of hydrogen-bond acceptors (Lipinski definition) is 10. The van der Waals surface area contributed by atoms with Crippen LogP contribution in [0, 0.1) is 11.6 Å². The van der Waals surface area contributed by atoms with Gasteiger partial charge in [-0.15, -0.1) is 20.4 Å². The summed E-state index contributed by atoms with van der Waals surface area (Å²) in [5.74, 6) is 0.410. The third-order valence-corrected chi connectivity index (χ3v) is 6.12. The summed E-state index contributed by atoms with van der Waals surface area (Å²) in [6.45, 7) is 0.478. The number of aromatic amines is 1. The fraction of sp³-hybridized carbons (Fsp3) is 0.133. The Hall–Kier alpha value is -5.12. The Bertz CT molecular complexity index is 1720. The van der Waals surface area contributed by atoms with E-state index in [1.807, 2.05) is 48.5 Å². The molecule has 6 aromatic rings. The highest BCUT2D eigenvalue weighted by molar-refractivity contribution is 9.09. The van der Waals surface area contributed by atoms with Gasteiger partial charge in [0.25, 0.3) is 0 Å². The summed E-state index contributed by atoms with van der Waals surface area (Å²) >= 11 is 3.00. The van der Waals surface area contributed by atoms with E-state index in [1.54, 1.807) is 24.3 Å². The van der Waals surface area contributed by atoms with Crippen LogP contribution < -0.4 is 10.6 Å². The average Bonchev–Trinajstić information content (AvgIpc) is 3.78. The van der Waals surface area contributed by atoms with Gasteiger partial charge in [0, 0.05) is 39.2 Å². The van der Waals surface area contributed by atoms with Crippen LogP contribution in [0.1, 0.15) is 0 Å². The Balaban J connectivity index is 0.000000185. The molecule has 0 saturated heterocycles. The standard InChI is InChI=1S/C15H14FN5O.C13H10FN5.C2H5BrO/c16-11-5-7-12(8-6-11)17-14-4-2-1-3-13(14)15-18-20-21(19-15)9-10-22;14-9-5-7-10(8-6-9)15-12-4-2-1-3-11(12)13-16-18-19-17-13;3-1-2-4/h1-8,17,22H,9-10H2;1-8,15H,(H,16,17,18,19);4H,1-2H2. The normalized spacial score (nSPS) is 10.2. The number of nitrogens with zero attached hydrogens (tertiary/aromatic N) is 7. The second-order valence-corrected chi connectivity index (χ2v) is 9.73. The van der Waals surface area contributed by atoms with Crippen molar-refractivity contribution in [2.45, 2.75) is 6.54 Å². The van der Waals surface area contributed by atoms with E-state index in [2.05, 4.69) is 62.6 Å². The predicted molar refractivity (Wildman–Crippen MR) is 170 cm³/mol. The monoisotopic (exact) mass is 678 g/mol. The highest BCUT2D eigenvalue weighted by atomic mass is 79.9. The Labute approximate surface area is 265 Å². The lowest BCUT2D eigenvalue weighted by Gasteiger charge is -2.09. The highest BCUT2D eigenvalue weighted by Crippen LogP contribution is 2.28. The van der Waals surface area contributed by atoms with Gasteiger partial charge in [0.2, 0.25) is 11.6 Å². The number of aliphatic hydroxyl groups excluding tert-OH is 2. The molecule has 0 bridgehead atoms. The molecule has 15 heteroatoms. The van der Waals surface area contributed by atoms with E-state index < -0.39 is 0 Å². The number of alkyl halides is 1. The Morgan fingerprint density at radius 1 is 0.689 bits per heavy atom. The van der Waals surface area contributed by atoms with Crippen LogP contribution in [-0.2, 0) is 6.54 Å². The van der Waals surface area contributed by atoms with Gasteiger partial charge in [0.1, 0.15) is 11.6 Å². The summed E-state index contributed by atoms with van der Waals surface area (Å²) in [4.78, 5) is 1.34. The number of tetrazole rings is 2. The molecule has 45 heavy (non-hydrogen) atoms. The third-order valence-electron chi connectivity index (χ3n) is 5.77. The molecular formula is C30H29BrF2N10O2. The van der Waals surface area contributed by atoms with Crippen LogP contribution in [0.5, 0.6) is 0 Å². The summed E-state index contributed by atoms with van der Waals surface area (Å²) in [5.41, 5.74) is 4.76. The topological polar surface area (TPSA) is 163 Å². The van der Waals surface area contributed by atoms with Crippen LogP contribution in [-0.4, -0.2) is 69.6 Å². The fourth-order valence-electron chi connectivity index (χ4n) is 3.76. The zero-order chi connectivity index (χ0) is 31.9. The van der Waals surface area contributed by atoms with Crippen LogP contribution in [0.15, 0.2) is 97.1 Å². The third kappa shape index (κ3) is 9.96. The lowest BCUT2D eigenvalue weighted by Crippen LogP contribution is -2.05. The summed E-state index contributed by atoms with van der Waals surface area (Å²) in [6.07, 6.45) is 0. The van der Waals surface area contributed by atoms with E-state index in [4.69, 9.17) is 10.2 Å². The molecule has 0 unspecified atom stereocenters. The number of rotatable bonds is 9. The molecule has 0 aliphatic carbocycles. The number of aromatic nitrogens is 8. The summed E-state index contributed by atoms with van der Waals surface area (Å²) < 4.78 is 25.8. The first-order chi connectivity index (χ1) is 22.0. The first-order valence-corrected chi connectivity index (χ1v) is 14.7. The van der Waals surface area contributed by atoms with E-state index in [1.165, 1.54) is 29.1 Å². The number of aliphatic hydroxyl groups is 2. The summed E-state index contributed by atoms with van der Waals surface area (Å²) in [7, 11) is 0. The van der Waals surface area contributed by atoms with Gasteiger partial charge in [0.05, 0.1) is 19.8 Å². The SMILES string of the molecule is Fc1ccc(Nc2ccccc2-c2nn[nH]n2)cc1.OCCBr.OCCn1nnc(-c2ccccc2Nc2ccc(F)cc2)n1. The highest BCUT2D eigenvalue weighted by Gasteiger charge is 2.11. The Morgan fingerprint density at radius 2 is 1.20 bits per heavy atom. The molecule has 5 N–H and O–H groups in total. The molecule has 0 spiro atoms. The van der Waals surface area contributed by atoms with Gasteiger partial charge in [-0.2, -0.15) is 10.0 Å². The second-order valence-electron chi connectivity index (χ2n) is 8.94. The minimum atomic E-state index is -0.285. The van der Waals surface area contributed by atoms with Gasteiger partial charge in [-0.05, 0) is 83.2 Å². The molecule has 6 rings (SSSR count). The van der Waals surface area contributed by atoms with Crippen molar-refractivity contribution in [3.63, 3.8) is 0 Å². The van der Waals surface area contributed by atoms with Crippen LogP contribution in [0.2, 0.25) is 0 Å². The zero-order valence-corrected chi connectivity index (χ0v) is 25.3. The number of para-hydroxylation sites is 2. The lowest BCUT2D eigenvalue weighted by atomic mass is 10.1. The van der Waals surface area contributed by atoms with Crippen molar-refractivity contribution in [3.05, 3.63) is 109 Å². The molecule has 0 radical (unpaired) electrons. The number of halogens is 3. The van der Waals surface area contributed by atoms with Crippen molar-refractivity contribution in [3.8, 4) is 22.8 Å². The van der Waals surface area contributed by atoms with Crippen molar-refractivity contribution >= 4 is 38.7 Å². The molecule has 4 aromatic carbocycles. The van der Waals surface area contributed by atoms with Crippen molar-refractivity contribution in [1.29, 1.82) is 0 Å². The number of hydrogen-bond donors (Lipinski definition) is 5. The van der Waals surface area contributed by atoms with Gasteiger partial charge in [-0.25, -0.2) is 8.78 Å². The van der Waals surface area contributed by atoms with Gasteiger partial charge in [-0.1, -0.05) is 40.2 Å². The van der Waals surface area contributed by atoms with E-state index in [9.17, 15) is 8.78 Å². The number of nitrogens with one attached hydrogen (secondary N) is 3. The van der Waals surface area contributed by atoms with Crippen LogP contribution in [0.3, 0.4) is 0 Å². The average molecular weight is 680 g/mol. The quantitative estimate of drug-likeness (QED) is 0.126. The number of H-pyrrole nitrogens is 1. The van der Waals surface area contributed by atoms with Gasteiger partial charge < -0.3 is 20.8 Å². The van der Waals surface area contributed by atoms with E-state index in [0.29, 0.717) is 23.5 Å². The summed E-state index contributed by atoms with van der Waals surface area (Å²) in [6, 6.07) is 27.3. The largest absolute Gasteiger partial charge is 0.396 e. The minimum absolute atomic E-state index is 0.0503. The molecule has 2 heterocycles. The molecule has 0 aliphatic rings. The molecule has 0 atom stereocenters. The maximum absolute atomic E-state index is 13.0. The Kier molecular flexibility index (Phi) is 12.6. The van der Waals surface area contributed by atoms with E-state index in [-0.39, 0.29) is 24.8 Å². The fourth-order valence-corrected chi connectivity index (χ4v) is 3.76. The molecular weight excluding hydrogens is 650 g/mol. The smallest absolute Gasteiger partial charge is 0.207 e. The molecule has 12 nitrogen and oxygen atoms in total. The van der Waals surface area contributed by atoms with Gasteiger partial charge in [-0.3, -0.25) is 0 Å². The van der Waals surface area contributed by atoms with Crippen molar-refractivity contribution in [2.24, 2.45) is 0 Å². The number of benzene rings is 4. The molecule has 0 amide bonds. The summed E-state index contributed by atoms with van der Waals surface area (Å²) in [5, 5.41) is 49.8. The van der Waals surface area contributed by atoms with Crippen LogP contribution in [0.25, 0.3) is 22.8 Å². The minimum Gasteiger partial charge on any atom is -0.396 e. The van der Waals surface area contributed by atoms with E-state index >= 15 is 0 Å². The van der Waals surface area contributed by atoms with Crippen molar-refractivity contribution in [2.75, 3.05) is 29.2 Å². The predicted octanol–water partition coefficient (Wildman–Crippen LogP) is 5.34. The molecule has 232 valence electrons. The Morgan fingerprint density at radius 3 is 1.67 bits per heavy atom. The maximum atomic E-state index is 13.0. The zero-order valence-electron chi connectivity index (χ0n) is 23.7. The molecule has 0 saturated carbocycles. The van der Waals surface area contributed by atoms with Crippen LogP contribution >= 0.6 is 15.9 Å². The van der Waals surface area contributed by atoms with Gasteiger partial charge >= 0.3 is 0 Å². The first kappa shape index (κ1) is 32.8. The van der Waals surface area contributed by atoms with Crippen LogP contribution in [0.4, 0.5) is 31.5 Å². The second kappa shape index (κ2) is 17.2.